The molecule has 0 fully saturated rings. The third kappa shape index (κ3) is 3.13. The maximum atomic E-state index is 12.8. The molecular formula is C14H13FN2O2. The lowest BCUT2D eigenvalue weighted by molar-refractivity contribution is -0.139. The van der Waals surface area contributed by atoms with Crippen LogP contribution < -0.4 is 0 Å². The van der Waals surface area contributed by atoms with Crippen LogP contribution >= 0.6 is 0 Å². The van der Waals surface area contributed by atoms with Gasteiger partial charge in [-0.05, 0) is 24.5 Å². The van der Waals surface area contributed by atoms with Crippen LogP contribution in [0.2, 0.25) is 0 Å². The van der Waals surface area contributed by atoms with Crippen LogP contribution in [-0.4, -0.2) is 21.0 Å². The van der Waals surface area contributed by atoms with Crippen molar-refractivity contribution in [2.45, 2.75) is 19.3 Å². The number of hydrogen-bond donors (Lipinski definition) is 1. The van der Waals surface area contributed by atoms with Gasteiger partial charge in [0.15, 0.2) is 5.82 Å². The topological polar surface area (TPSA) is 63.1 Å². The molecule has 1 N–H and O–H groups in total. The van der Waals surface area contributed by atoms with Crippen molar-refractivity contribution in [3.63, 3.8) is 0 Å². The number of rotatable bonds is 4. The third-order valence-corrected chi connectivity index (χ3v) is 2.94. The van der Waals surface area contributed by atoms with Crippen molar-refractivity contribution >= 4 is 5.97 Å². The van der Waals surface area contributed by atoms with E-state index in [9.17, 15) is 14.3 Å². The number of carboxylic acid groups (broad SMARTS) is 1. The quantitative estimate of drug-likeness (QED) is 0.916. The number of benzene rings is 1. The smallest absolute Gasteiger partial charge is 0.314 e. The maximum Gasteiger partial charge on any atom is 0.314 e. The van der Waals surface area contributed by atoms with Crippen molar-refractivity contribution < 1.29 is 14.3 Å². The van der Waals surface area contributed by atoms with Gasteiger partial charge in [0, 0.05) is 0 Å². The zero-order valence-electron chi connectivity index (χ0n) is 10.4. The summed E-state index contributed by atoms with van der Waals surface area (Å²) in [5, 5.41) is 9.27. The molecule has 98 valence electrons. The summed E-state index contributed by atoms with van der Waals surface area (Å²) in [4.78, 5) is 18.8. The standard InChI is InChI=1S/C14H13FN2O2/c1-9-4-2-3-5-10(9)6-12(14(18)19)13-16-7-11(15)8-17-13/h2-5,7-8,12H,6H2,1H3,(H,18,19). The van der Waals surface area contributed by atoms with Crippen LogP contribution in [0.25, 0.3) is 0 Å². The summed E-state index contributed by atoms with van der Waals surface area (Å²) in [7, 11) is 0. The first-order valence-corrected chi connectivity index (χ1v) is 5.82. The molecule has 1 unspecified atom stereocenters. The molecule has 4 nitrogen and oxygen atoms in total. The summed E-state index contributed by atoms with van der Waals surface area (Å²) in [5.41, 5.74) is 1.93. The van der Waals surface area contributed by atoms with Crippen molar-refractivity contribution in [2.24, 2.45) is 0 Å². The van der Waals surface area contributed by atoms with E-state index in [0.29, 0.717) is 0 Å². The number of halogens is 1. The van der Waals surface area contributed by atoms with E-state index < -0.39 is 17.7 Å². The average molecular weight is 260 g/mol. The molecule has 0 radical (unpaired) electrons. The number of nitrogens with zero attached hydrogens (tertiary/aromatic N) is 2. The summed E-state index contributed by atoms with van der Waals surface area (Å²) in [5.74, 6) is -2.35. The van der Waals surface area contributed by atoms with Crippen molar-refractivity contribution in [1.82, 2.24) is 9.97 Å². The fourth-order valence-electron chi connectivity index (χ4n) is 1.85. The highest BCUT2D eigenvalue weighted by Crippen LogP contribution is 2.20. The van der Waals surface area contributed by atoms with Crippen LogP contribution in [0.4, 0.5) is 4.39 Å². The van der Waals surface area contributed by atoms with Crippen molar-refractivity contribution in [3.8, 4) is 0 Å². The fourth-order valence-corrected chi connectivity index (χ4v) is 1.85. The number of hydrogen-bond acceptors (Lipinski definition) is 3. The molecular weight excluding hydrogens is 247 g/mol. The van der Waals surface area contributed by atoms with Gasteiger partial charge >= 0.3 is 5.97 Å². The SMILES string of the molecule is Cc1ccccc1CC(C(=O)O)c1ncc(F)cn1. The highest BCUT2D eigenvalue weighted by Gasteiger charge is 2.23. The van der Waals surface area contributed by atoms with E-state index in [2.05, 4.69) is 9.97 Å². The average Bonchev–Trinajstić information content (AvgIpc) is 2.39. The highest BCUT2D eigenvalue weighted by molar-refractivity contribution is 5.75. The van der Waals surface area contributed by atoms with Gasteiger partial charge in [-0.2, -0.15) is 0 Å². The zero-order chi connectivity index (χ0) is 13.8. The van der Waals surface area contributed by atoms with E-state index in [1.54, 1.807) is 0 Å². The van der Waals surface area contributed by atoms with E-state index in [0.717, 1.165) is 23.5 Å². The molecule has 0 aliphatic rings. The van der Waals surface area contributed by atoms with E-state index in [1.165, 1.54) is 0 Å². The predicted molar refractivity (Wildman–Crippen MR) is 67.2 cm³/mol. The van der Waals surface area contributed by atoms with Crippen LogP contribution in [0.15, 0.2) is 36.7 Å². The molecule has 1 aromatic heterocycles. The Balaban J connectivity index is 2.29. The van der Waals surface area contributed by atoms with Gasteiger partial charge in [0.25, 0.3) is 0 Å². The molecule has 0 bridgehead atoms. The number of carbonyl (C=O) groups is 1. The summed E-state index contributed by atoms with van der Waals surface area (Å²) >= 11 is 0. The second kappa shape index (κ2) is 5.56. The van der Waals surface area contributed by atoms with Gasteiger partial charge in [0.2, 0.25) is 0 Å². The molecule has 19 heavy (non-hydrogen) atoms. The first kappa shape index (κ1) is 13.1. The van der Waals surface area contributed by atoms with Gasteiger partial charge in [-0.1, -0.05) is 24.3 Å². The Labute approximate surface area is 110 Å². The first-order chi connectivity index (χ1) is 9.08. The van der Waals surface area contributed by atoms with Crippen LogP contribution in [-0.2, 0) is 11.2 Å². The van der Waals surface area contributed by atoms with Crippen molar-refractivity contribution in [3.05, 3.63) is 59.4 Å². The monoisotopic (exact) mass is 260 g/mol. The first-order valence-electron chi connectivity index (χ1n) is 5.82. The molecule has 2 aromatic rings. The van der Waals surface area contributed by atoms with Crippen molar-refractivity contribution in [2.75, 3.05) is 0 Å². The van der Waals surface area contributed by atoms with Crippen LogP contribution in [0.5, 0.6) is 0 Å². The lowest BCUT2D eigenvalue weighted by Crippen LogP contribution is -2.18. The molecule has 0 spiro atoms. The Hall–Kier alpha value is -2.30. The number of aryl methyl sites for hydroxylation is 1. The minimum Gasteiger partial charge on any atom is -0.481 e. The van der Waals surface area contributed by atoms with E-state index in [-0.39, 0.29) is 12.2 Å². The Morgan fingerprint density at radius 1 is 1.32 bits per heavy atom. The predicted octanol–water partition coefficient (Wildman–Crippen LogP) is 2.34. The zero-order valence-corrected chi connectivity index (χ0v) is 10.4. The summed E-state index contributed by atoms with van der Waals surface area (Å²) in [6.45, 7) is 1.92. The summed E-state index contributed by atoms with van der Waals surface area (Å²) in [6, 6.07) is 7.53. The molecule has 1 aromatic carbocycles. The largest absolute Gasteiger partial charge is 0.481 e. The van der Waals surface area contributed by atoms with Gasteiger partial charge in [-0.3, -0.25) is 4.79 Å². The Morgan fingerprint density at radius 3 is 2.53 bits per heavy atom. The van der Waals surface area contributed by atoms with Crippen molar-refractivity contribution in [1.29, 1.82) is 0 Å². The second-order valence-corrected chi connectivity index (χ2v) is 4.28. The lowest BCUT2D eigenvalue weighted by Gasteiger charge is -2.12. The number of aromatic nitrogens is 2. The number of carboxylic acids is 1. The minimum absolute atomic E-state index is 0.122. The second-order valence-electron chi connectivity index (χ2n) is 4.28. The highest BCUT2D eigenvalue weighted by atomic mass is 19.1. The molecule has 1 heterocycles. The van der Waals surface area contributed by atoms with E-state index in [1.807, 2.05) is 31.2 Å². The van der Waals surface area contributed by atoms with Crippen LogP contribution in [0, 0.1) is 12.7 Å². The van der Waals surface area contributed by atoms with Gasteiger partial charge in [0.05, 0.1) is 12.4 Å². The molecule has 5 heteroatoms. The van der Waals surface area contributed by atoms with Gasteiger partial charge in [-0.25, -0.2) is 14.4 Å². The van der Waals surface area contributed by atoms with Gasteiger partial charge in [-0.15, -0.1) is 0 Å². The molecule has 2 rings (SSSR count). The maximum absolute atomic E-state index is 12.8. The van der Waals surface area contributed by atoms with Crippen LogP contribution in [0.1, 0.15) is 22.9 Å². The van der Waals surface area contributed by atoms with E-state index in [4.69, 9.17) is 0 Å². The number of aliphatic carboxylic acids is 1. The molecule has 0 aliphatic carbocycles. The third-order valence-electron chi connectivity index (χ3n) is 2.94. The molecule has 1 atom stereocenters. The van der Waals surface area contributed by atoms with E-state index >= 15 is 0 Å². The Morgan fingerprint density at radius 2 is 1.95 bits per heavy atom. The fraction of sp³-hybridized carbons (Fsp3) is 0.214. The summed E-state index contributed by atoms with van der Waals surface area (Å²) in [6.07, 6.45) is 2.25. The lowest BCUT2D eigenvalue weighted by atomic mass is 9.95. The molecule has 0 amide bonds. The Kier molecular flexibility index (Phi) is 3.85. The van der Waals surface area contributed by atoms with Gasteiger partial charge in [0.1, 0.15) is 11.7 Å². The Bertz CT molecular complexity index is 584. The molecule has 0 aliphatic heterocycles. The summed E-state index contributed by atoms with van der Waals surface area (Å²) < 4.78 is 12.8. The van der Waals surface area contributed by atoms with Gasteiger partial charge < -0.3 is 5.11 Å². The molecule has 0 saturated heterocycles. The normalized spacial score (nSPS) is 12.1. The molecule has 0 saturated carbocycles. The minimum atomic E-state index is -1.02. The van der Waals surface area contributed by atoms with Crippen LogP contribution in [0.3, 0.4) is 0 Å².